The molecule has 0 bridgehead atoms. The van der Waals surface area contributed by atoms with E-state index in [9.17, 15) is 9.18 Å². The summed E-state index contributed by atoms with van der Waals surface area (Å²) in [7, 11) is 0. The summed E-state index contributed by atoms with van der Waals surface area (Å²) in [6, 6.07) is 1.84. The minimum Gasteiger partial charge on any atom is -0.461 e. The monoisotopic (exact) mass is 313 g/mol. The highest BCUT2D eigenvalue weighted by molar-refractivity contribution is 6.33. The van der Waals surface area contributed by atoms with Crippen molar-refractivity contribution in [1.82, 2.24) is 10.3 Å². The predicted molar refractivity (Wildman–Crippen MR) is 79.9 cm³/mol. The van der Waals surface area contributed by atoms with Gasteiger partial charge in [-0.25, -0.2) is 9.78 Å². The first-order valence-corrected chi connectivity index (χ1v) is 7.15. The average molecular weight is 314 g/mol. The summed E-state index contributed by atoms with van der Waals surface area (Å²) in [4.78, 5) is 15.4. The van der Waals surface area contributed by atoms with Crippen molar-refractivity contribution in [2.75, 3.05) is 25.0 Å². The second kappa shape index (κ2) is 7.38. The van der Waals surface area contributed by atoms with Gasteiger partial charge < -0.3 is 15.4 Å². The van der Waals surface area contributed by atoms with Gasteiger partial charge in [-0.3, -0.25) is 0 Å². The lowest BCUT2D eigenvalue weighted by Gasteiger charge is -2.13. The zero-order valence-electron chi connectivity index (χ0n) is 11.7. The number of nitrogens with zero attached hydrogens (tertiary/aromatic N) is 1. The van der Waals surface area contributed by atoms with Crippen LogP contribution in [0.2, 0.25) is 5.02 Å². The molecule has 1 atom stereocenters. The first kappa shape index (κ1) is 15.7. The fraction of sp³-hybridized carbons (Fsp3) is 0.429. The van der Waals surface area contributed by atoms with Gasteiger partial charge in [0.2, 0.25) is 5.83 Å². The molecule has 2 N–H and O–H groups in total. The molecule has 0 aromatic carbocycles. The highest BCUT2D eigenvalue weighted by Gasteiger charge is 2.16. The van der Waals surface area contributed by atoms with E-state index < -0.39 is 11.8 Å². The Kier molecular flexibility index (Phi) is 5.52. The lowest BCUT2D eigenvalue weighted by molar-refractivity contribution is -0.140. The molecule has 0 unspecified atom stereocenters. The largest absolute Gasteiger partial charge is 0.461 e. The highest BCUT2D eigenvalue weighted by Crippen LogP contribution is 2.23. The minimum absolute atomic E-state index is 0.122. The smallest absolute Gasteiger partial charge is 0.367 e. The van der Waals surface area contributed by atoms with Crippen molar-refractivity contribution >= 4 is 29.5 Å². The second-order valence-electron chi connectivity index (χ2n) is 4.65. The van der Waals surface area contributed by atoms with Crippen LogP contribution < -0.4 is 10.6 Å². The molecular formula is C14H17ClFN3O2. The predicted octanol–water partition coefficient (Wildman–Crippen LogP) is 2.38. The third-order valence-electron chi connectivity index (χ3n) is 3.03. The van der Waals surface area contributed by atoms with Crippen LogP contribution in [-0.4, -0.2) is 36.7 Å². The normalized spacial score (nSPS) is 18.6. The molecule has 1 saturated heterocycles. The Bertz CT molecular complexity index is 545. The maximum Gasteiger partial charge on any atom is 0.367 e. The van der Waals surface area contributed by atoms with Crippen LogP contribution in [0.25, 0.3) is 6.08 Å². The van der Waals surface area contributed by atoms with Gasteiger partial charge >= 0.3 is 5.97 Å². The van der Waals surface area contributed by atoms with E-state index >= 15 is 0 Å². The lowest BCUT2D eigenvalue weighted by atomic mass is 10.2. The highest BCUT2D eigenvalue weighted by atomic mass is 35.5. The summed E-state index contributed by atoms with van der Waals surface area (Å²) in [5.41, 5.74) is 0.403. The molecule has 7 heteroatoms. The summed E-state index contributed by atoms with van der Waals surface area (Å²) in [6.45, 7) is 3.55. The van der Waals surface area contributed by atoms with Crippen LogP contribution in [0, 0.1) is 0 Å². The zero-order valence-corrected chi connectivity index (χ0v) is 12.4. The Hall–Kier alpha value is -1.66. The number of halogens is 2. The Morgan fingerprint density at radius 3 is 3.14 bits per heavy atom. The summed E-state index contributed by atoms with van der Waals surface area (Å²) < 4.78 is 18.1. The van der Waals surface area contributed by atoms with E-state index in [2.05, 4.69) is 20.4 Å². The van der Waals surface area contributed by atoms with Gasteiger partial charge in [-0.2, -0.15) is 4.39 Å². The second-order valence-corrected chi connectivity index (χ2v) is 5.05. The Morgan fingerprint density at radius 1 is 1.71 bits per heavy atom. The fourth-order valence-electron chi connectivity index (χ4n) is 2.01. The van der Waals surface area contributed by atoms with Gasteiger partial charge in [0.25, 0.3) is 0 Å². The number of pyridine rings is 1. The maximum atomic E-state index is 13.5. The van der Waals surface area contributed by atoms with Gasteiger partial charge in [-0.05, 0) is 37.6 Å². The lowest BCUT2D eigenvalue weighted by Crippen LogP contribution is -2.22. The van der Waals surface area contributed by atoms with Gasteiger partial charge in [0, 0.05) is 18.8 Å². The molecule has 1 aliphatic rings. The van der Waals surface area contributed by atoms with Crippen molar-refractivity contribution in [1.29, 1.82) is 0 Å². The molecule has 1 aromatic heterocycles. The van der Waals surface area contributed by atoms with Crippen LogP contribution in [0.3, 0.4) is 0 Å². The van der Waals surface area contributed by atoms with Crippen molar-refractivity contribution in [3.05, 3.63) is 28.7 Å². The first-order valence-electron chi connectivity index (χ1n) is 6.77. The summed E-state index contributed by atoms with van der Waals surface area (Å²) in [6.07, 6.45) is 3.50. The number of anilines is 1. The number of ether oxygens (including phenoxy) is 1. The molecule has 0 amide bonds. The molecule has 2 heterocycles. The first-order chi connectivity index (χ1) is 10.1. The van der Waals surface area contributed by atoms with Crippen molar-refractivity contribution in [2.45, 2.75) is 19.4 Å². The minimum atomic E-state index is -0.993. The van der Waals surface area contributed by atoms with Gasteiger partial charge in [-0.1, -0.05) is 11.6 Å². The van der Waals surface area contributed by atoms with E-state index in [-0.39, 0.29) is 12.6 Å². The van der Waals surface area contributed by atoms with E-state index in [4.69, 9.17) is 11.6 Å². The van der Waals surface area contributed by atoms with Crippen molar-refractivity contribution in [3.63, 3.8) is 0 Å². The number of hydrogen-bond donors (Lipinski definition) is 2. The third-order valence-corrected chi connectivity index (χ3v) is 3.32. The number of aromatic nitrogens is 1. The molecule has 1 fully saturated rings. The van der Waals surface area contributed by atoms with Crippen LogP contribution in [0.5, 0.6) is 0 Å². The molecule has 5 nitrogen and oxygen atoms in total. The third kappa shape index (κ3) is 4.41. The van der Waals surface area contributed by atoms with Crippen molar-refractivity contribution in [2.24, 2.45) is 0 Å². The number of nitrogens with one attached hydrogen (secondary N) is 2. The van der Waals surface area contributed by atoms with E-state index in [1.54, 1.807) is 13.0 Å². The molecule has 2 rings (SSSR count). The van der Waals surface area contributed by atoms with Crippen LogP contribution >= 0.6 is 11.6 Å². The maximum absolute atomic E-state index is 13.5. The van der Waals surface area contributed by atoms with Crippen LogP contribution in [0.1, 0.15) is 18.9 Å². The van der Waals surface area contributed by atoms with Gasteiger partial charge in [0.15, 0.2) is 0 Å². The standard InChI is InChI=1S/C14H17ClFN3O2/c1-2-21-14(20)12(16)6-9-5-11(15)13(18-7-9)19-10-3-4-17-8-10/h5-7,10,17H,2-4,8H2,1H3,(H,18,19)/b12-6-/t10-/m1/s1. The van der Waals surface area contributed by atoms with Crippen LogP contribution in [0.4, 0.5) is 10.2 Å². The molecular weight excluding hydrogens is 297 g/mol. The van der Waals surface area contributed by atoms with E-state index in [1.165, 1.54) is 6.20 Å². The number of carbonyl (C=O) groups excluding carboxylic acids is 1. The Labute approximate surface area is 127 Å². The van der Waals surface area contributed by atoms with Crippen LogP contribution in [0.15, 0.2) is 18.1 Å². The summed E-state index contributed by atoms with van der Waals surface area (Å²) in [5.74, 6) is -1.41. The number of rotatable bonds is 5. The number of esters is 1. The average Bonchev–Trinajstić information content (AvgIpc) is 2.95. The fourth-order valence-corrected chi connectivity index (χ4v) is 2.24. The Morgan fingerprint density at radius 2 is 2.52 bits per heavy atom. The number of hydrogen-bond acceptors (Lipinski definition) is 5. The zero-order chi connectivity index (χ0) is 15.2. The Balaban J connectivity index is 2.07. The number of carbonyl (C=O) groups is 1. The van der Waals surface area contributed by atoms with E-state index in [1.807, 2.05) is 0 Å². The van der Waals surface area contributed by atoms with Gasteiger partial charge in [0.05, 0.1) is 11.6 Å². The molecule has 0 saturated carbocycles. The van der Waals surface area contributed by atoms with E-state index in [0.717, 1.165) is 25.6 Å². The summed E-state index contributed by atoms with van der Waals surface area (Å²) in [5, 5.41) is 6.83. The SMILES string of the molecule is CCOC(=O)/C(F)=C/c1cnc(N[C@@H]2CCNC2)c(Cl)c1. The molecule has 1 aliphatic heterocycles. The molecule has 0 radical (unpaired) electrons. The van der Waals surface area contributed by atoms with Gasteiger partial charge in [0.1, 0.15) is 5.82 Å². The molecule has 0 aliphatic carbocycles. The quantitative estimate of drug-likeness (QED) is 0.645. The summed E-state index contributed by atoms with van der Waals surface area (Å²) >= 11 is 6.12. The van der Waals surface area contributed by atoms with Crippen molar-refractivity contribution < 1.29 is 13.9 Å². The van der Waals surface area contributed by atoms with E-state index in [0.29, 0.717) is 16.4 Å². The van der Waals surface area contributed by atoms with Crippen LogP contribution in [-0.2, 0) is 9.53 Å². The molecule has 21 heavy (non-hydrogen) atoms. The molecule has 114 valence electrons. The molecule has 0 spiro atoms. The van der Waals surface area contributed by atoms with Gasteiger partial charge in [-0.15, -0.1) is 0 Å². The molecule has 1 aromatic rings. The van der Waals surface area contributed by atoms with Crippen molar-refractivity contribution in [3.8, 4) is 0 Å². The topological polar surface area (TPSA) is 63.2 Å².